The number of hydrogen-bond acceptors (Lipinski definition) is 2. The van der Waals surface area contributed by atoms with E-state index >= 15 is 0 Å². The van der Waals surface area contributed by atoms with Crippen LogP contribution in [0.5, 0.6) is 0 Å². The SMILES string of the molecule is CCC(NC(=O)c1ccn2cncc2c1)c1ccc2c(c1)CCCC2. The summed E-state index contributed by atoms with van der Waals surface area (Å²) in [6.45, 7) is 2.12. The molecule has 2 aromatic heterocycles. The summed E-state index contributed by atoms with van der Waals surface area (Å²) in [4.78, 5) is 16.8. The summed E-state index contributed by atoms with van der Waals surface area (Å²) in [5, 5.41) is 3.19. The van der Waals surface area contributed by atoms with Crippen molar-refractivity contribution in [2.24, 2.45) is 0 Å². The molecule has 1 amide bonds. The molecule has 0 aliphatic heterocycles. The predicted molar refractivity (Wildman–Crippen MR) is 98.8 cm³/mol. The van der Waals surface area contributed by atoms with Crippen molar-refractivity contribution in [3.63, 3.8) is 0 Å². The van der Waals surface area contributed by atoms with E-state index in [4.69, 9.17) is 0 Å². The second kappa shape index (κ2) is 6.71. The number of aryl methyl sites for hydroxylation is 2. The molecule has 4 rings (SSSR count). The van der Waals surface area contributed by atoms with E-state index in [0.29, 0.717) is 5.56 Å². The third-order valence-corrected chi connectivity index (χ3v) is 5.16. The van der Waals surface area contributed by atoms with Crippen LogP contribution in [0.15, 0.2) is 49.1 Å². The van der Waals surface area contributed by atoms with Gasteiger partial charge in [0, 0.05) is 11.8 Å². The lowest BCUT2D eigenvalue weighted by Crippen LogP contribution is -2.28. The molecule has 1 aliphatic rings. The largest absolute Gasteiger partial charge is 0.345 e. The van der Waals surface area contributed by atoms with E-state index in [-0.39, 0.29) is 11.9 Å². The van der Waals surface area contributed by atoms with Gasteiger partial charge in [-0.15, -0.1) is 0 Å². The summed E-state index contributed by atoms with van der Waals surface area (Å²) in [6, 6.07) is 10.5. The number of aromatic nitrogens is 2. The van der Waals surface area contributed by atoms with Crippen molar-refractivity contribution in [3.8, 4) is 0 Å². The minimum Gasteiger partial charge on any atom is -0.345 e. The summed E-state index contributed by atoms with van der Waals surface area (Å²) in [5.74, 6) is -0.0340. The number of rotatable bonds is 4. The van der Waals surface area contributed by atoms with Gasteiger partial charge >= 0.3 is 0 Å². The topological polar surface area (TPSA) is 46.4 Å². The number of hydrogen-bond donors (Lipinski definition) is 1. The minimum absolute atomic E-state index is 0.0340. The Morgan fingerprint density at radius 1 is 1.20 bits per heavy atom. The summed E-state index contributed by atoms with van der Waals surface area (Å²) < 4.78 is 1.90. The fraction of sp³-hybridized carbons (Fsp3) is 0.333. The second-order valence-corrected chi connectivity index (χ2v) is 6.81. The summed E-state index contributed by atoms with van der Waals surface area (Å²) in [5.41, 5.74) is 5.74. The van der Waals surface area contributed by atoms with Gasteiger partial charge < -0.3 is 9.72 Å². The quantitative estimate of drug-likeness (QED) is 0.781. The molecule has 1 aromatic carbocycles. The third-order valence-electron chi connectivity index (χ3n) is 5.16. The molecule has 0 radical (unpaired) electrons. The molecule has 0 fully saturated rings. The molecule has 1 N–H and O–H groups in total. The summed E-state index contributed by atoms with van der Waals surface area (Å²) in [6.07, 6.45) is 11.1. The number of nitrogens with one attached hydrogen (secondary N) is 1. The van der Waals surface area contributed by atoms with Crippen LogP contribution >= 0.6 is 0 Å². The zero-order valence-electron chi connectivity index (χ0n) is 14.5. The van der Waals surface area contributed by atoms with E-state index in [1.54, 1.807) is 12.5 Å². The van der Waals surface area contributed by atoms with E-state index in [1.165, 1.54) is 36.0 Å². The molecule has 0 spiro atoms. The van der Waals surface area contributed by atoms with E-state index in [2.05, 4.69) is 35.4 Å². The predicted octanol–water partition coefficient (Wildman–Crippen LogP) is 4.09. The lowest BCUT2D eigenvalue weighted by Gasteiger charge is -2.22. The first kappa shape index (κ1) is 15.9. The highest BCUT2D eigenvalue weighted by molar-refractivity contribution is 5.95. The number of nitrogens with zero attached hydrogens (tertiary/aromatic N) is 2. The van der Waals surface area contributed by atoms with Gasteiger partial charge in [-0.05, 0) is 60.9 Å². The molecule has 0 saturated heterocycles. The van der Waals surface area contributed by atoms with Crippen LogP contribution in [-0.2, 0) is 12.8 Å². The van der Waals surface area contributed by atoms with Gasteiger partial charge in [0.15, 0.2) is 0 Å². The number of carbonyl (C=O) groups is 1. The highest BCUT2D eigenvalue weighted by Gasteiger charge is 2.17. The smallest absolute Gasteiger partial charge is 0.251 e. The van der Waals surface area contributed by atoms with E-state index < -0.39 is 0 Å². The molecule has 1 unspecified atom stereocenters. The van der Waals surface area contributed by atoms with Crippen molar-refractivity contribution in [2.75, 3.05) is 0 Å². The molecule has 2 heterocycles. The Kier molecular flexibility index (Phi) is 4.26. The van der Waals surface area contributed by atoms with Crippen molar-refractivity contribution < 1.29 is 4.79 Å². The van der Waals surface area contributed by atoms with Gasteiger partial charge in [0.05, 0.1) is 24.1 Å². The monoisotopic (exact) mass is 333 g/mol. The average Bonchev–Trinajstić information content (AvgIpc) is 3.13. The lowest BCUT2D eigenvalue weighted by atomic mass is 9.88. The van der Waals surface area contributed by atoms with Gasteiger partial charge in [-0.1, -0.05) is 25.1 Å². The standard InChI is InChI=1S/C21H23N3O/c1-2-20(17-8-7-15-5-3-4-6-16(15)11-17)23-21(25)18-9-10-24-14-22-13-19(24)12-18/h7-14,20H,2-6H2,1H3,(H,23,25). The van der Waals surface area contributed by atoms with Gasteiger partial charge in [-0.2, -0.15) is 0 Å². The average molecular weight is 333 g/mol. The van der Waals surface area contributed by atoms with E-state index in [1.807, 2.05) is 22.7 Å². The normalized spacial score (nSPS) is 14.9. The maximum atomic E-state index is 12.7. The van der Waals surface area contributed by atoms with Crippen LogP contribution in [0.1, 0.15) is 59.3 Å². The Morgan fingerprint density at radius 3 is 2.88 bits per heavy atom. The molecule has 1 atom stereocenters. The number of amides is 1. The van der Waals surface area contributed by atoms with Gasteiger partial charge in [0.25, 0.3) is 5.91 Å². The molecule has 4 nitrogen and oxygen atoms in total. The van der Waals surface area contributed by atoms with Crippen molar-refractivity contribution in [1.82, 2.24) is 14.7 Å². The van der Waals surface area contributed by atoms with Crippen LogP contribution < -0.4 is 5.32 Å². The Morgan fingerprint density at radius 2 is 2.04 bits per heavy atom. The molecular formula is C21H23N3O. The zero-order chi connectivity index (χ0) is 17.2. The number of pyridine rings is 1. The Bertz CT molecular complexity index is 912. The molecule has 4 heteroatoms. The maximum Gasteiger partial charge on any atom is 0.251 e. The highest BCUT2D eigenvalue weighted by atomic mass is 16.1. The Labute approximate surface area is 147 Å². The van der Waals surface area contributed by atoms with Crippen LogP contribution in [0.3, 0.4) is 0 Å². The van der Waals surface area contributed by atoms with Crippen LogP contribution in [-0.4, -0.2) is 15.3 Å². The van der Waals surface area contributed by atoms with Crippen LogP contribution in [0.25, 0.3) is 5.52 Å². The van der Waals surface area contributed by atoms with E-state index in [9.17, 15) is 4.79 Å². The van der Waals surface area contributed by atoms with Crippen LogP contribution in [0, 0.1) is 0 Å². The Balaban J connectivity index is 1.55. The van der Waals surface area contributed by atoms with Crippen molar-refractivity contribution in [3.05, 3.63) is 71.3 Å². The zero-order valence-corrected chi connectivity index (χ0v) is 14.5. The highest BCUT2D eigenvalue weighted by Crippen LogP contribution is 2.26. The first-order valence-corrected chi connectivity index (χ1v) is 9.09. The number of imidazole rings is 1. The maximum absolute atomic E-state index is 12.7. The third kappa shape index (κ3) is 3.16. The molecule has 25 heavy (non-hydrogen) atoms. The van der Waals surface area contributed by atoms with Crippen LogP contribution in [0.4, 0.5) is 0 Å². The van der Waals surface area contributed by atoms with Crippen molar-refractivity contribution in [1.29, 1.82) is 0 Å². The lowest BCUT2D eigenvalue weighted by molar-refractivity contribution is 0.0935. The molecule has 1 aliphatic carbocycles. The number of benzene rings is 1. The molecule has 0 saturated carbocycles. The minimum atomic E-state index is -0.0340. The summed E-state index contributed by atoms with van der Waals surface area (Å²) in [7, 11) is 0. The van der Waals surface area contributed by atoms with Crippen molar-refractivity contribution >= 4 is 11.4 Å². The van der Waals surface area contributed by atoms with E-state index in [0.717, 1.165) is 18.4 Å². The van der Waals surface area contributed by atoms with Crippen LogP contribution in [0.2, 0.25) is 0 Å². The van der Waals surface area contributed by atoms with Gasteiger partial charge in [-0.25, -0.2) is 4.98 Å². The summed E-state index contributed by atoms with van der Waals surface area (Å²) >= 11 is 0. The Hall–Kier alpha value is -2.62. The van der Waals surface area contributed by atoms with Gasteiger partial charge in [0.2, 0.25) is 0 Å². The van der Waals surface area contributed by atoms with Gasteiger partial charge in [0.1, 0.15) is 0 Å². The molecule has 0 bridgehead atoms. The second-order valence-electron chi connectivity index (χ2n) is 6.81. The number of carbonyl (C=O) groups excluding carboxylic acids is 1. The fourth-order valence-corrected chi connectivity index (χ4v) is 3.69. The molecule has 128 valence electrons. The van der Waals surface area contributed by atoms with Crippen molar-refractivity contribution in [2.45, 2.75) is 45.1 Å². The van der Waals surface area contributed by atoms with Gasteiger partial charge in [-0.3, -0.25) is 4.79 Å². The first-order valence-electron chi connectivity index (χ1n) is 9.09. The molecule has 3 aromatic rings. The first-order chi connectivity index (χ1) is 12.2. The number of fused-ring (bicyclic) bond motifs is 2. The fourth-order valence-electron chi connectivity index (χ4n) is 3.69. The molecular weight excluding hydrogens is 310 g/mol.